The van der Waals surface area contributed by atoms with E-state index in [0.717, 1.165) is 52.4 Å². The maximum Gasteiger partial charge on any atom is 0.230 e. The first-order valence-electron chi connectivity index (χ1n) is 7.56. The zero-order valence-electron chi connectivity index (χ0n) is 13.4. The van der Waals surface area contributed by atoms with Gasteiger partial charge < -0.3 is 4.42 Å². The lowest BCUT2D eigenvalue weighted by molar-refractivity contribution is 0.572. The van der Waals surface area contributed by atoms with E-state index < -0.39 is 0 Å². The Labute approximate surface area is 145 Å². The van der Waals surface area contributed by atoms with Crippen molar-refractivity contribution in [2.75, 3.05) is 0 Å². The molecule has 3 rings (SSSR count). The molecule has 5 heteroatoms. The summed E-state index contributed by atoms with van der Waals surface area (Å²) >= 11 is 12.4. The number of oxazole rings is 1. The predicted octanol–water partition coefficient (Wildman–Crippen LogP) is 6.33. The predicted molar refractivity (Wildman–Crippen MR) is 96.3 cm³/mol. The lowest BCUT2D eigenvalue weighted by Gasteiger charge is -2.03. The first kappa shape index (κ1) is 16.2. The molecule has 0 aliphatic rings. The van der Waals surface area contributed by atoms with Crippen LogP contribution >= 0.6 is 23.2 Å². The quantitative estimate of drug-likeness (QED) is 0.551. The Morgan fingerprint density at radius 3 is 2.70 bits per heavy atom. The molecular weight excluding hydrogens is 331 g/mol. The zero-order chi connectivity index (χ0) is 16.7. The number of fused-ring (bicyclic) bond motifs is 1. The number of hydrogen-bond donors (Lipinski definition) is 0. The maximum absolute atomic E-state index is 6.37. The van der Waals surface area contributed by atoms with E-state index in [1.165, 1.54) is 0 Å². The van der Waals surface area contributed by atoms with Gasteiger partial charge >= 0.3 is 0 Å². The van der Waals surface area contributed by atoms with Crippen LogP contribution in [-0.4, -0.2) is 9.61 Å². The largest absolute Gasteiger partial charge is 0.441 e. The van der Waals surface area contributed by atoms with Crippen LogP contribution in [0, 0.1) is 13.8 Å². The standard InChI is InChI=1S/C18H18Cl2N2O/c1-5-6-10(2)16-11(3)21-22-17(12(4)23-18(16)22)14-8-7-13(19)9-15(14)20/h7-9H,2,5-6H2,1,3-4H3. The normalized spacial score (nSPS) is 11.3. The van der Waals surface area contributed by atoms with E-state index in [0.29, 0.717) is 10.0 Å². The van der Waals surface area contributed by atoms with E-state index in [1.54, 1.807) is 6.07 Å². The molecule has 120 valence electrons. The average Bonchev–Trinajstić information content (AvgIpc) is 2.93. The highest BCUT2D eigenvalue weighted by molar-refractivity contribution is 6.36. The summed E-state index contributed by atoms with van der Waals surface area (Å²) in [7, 11) is 0. The minimum Gasteiger partial charge on any atom is -0.441 e. The Balaban J connectivity index is 2.25. The second-order valence-electron chi connectivity index (χ2n) is 5.66. The fourth-order valence-electron chi connectivity index (χ4n) is 2.91. The lowest BCUT2D eigenvalue weighted by Crippen LogP contribution is -1.91. The summed E-state index contributed by atoms with van der Waals surface area (Å²) < 4.78 is 7.82. The molecule has 0 saturated heterocycles. The molecule has 0 atom stereocenters. The van der Waals surface area contributed by atoms with Crippen molar-refractivity contribution in [3.63, 3.8) is 0 Å². The zero-order valence-corrected chi connectivity index (χ0v) is 14.9. The first-order chi connectivity index (χ1) is 10.9. The van der Waals surface area contributed by atoms with Crippen molar-refractivity contribution in [1.29, 1.82) is 0 Å². The molecule has 0 aliphatic carbocycles. The summed E-state index contributed by atoms with van der Waals surface area (Å²) in [5.41, 5.74) is 5.37. The summed E-state index contributed by atoms with van der Waals surface area (Å²) in [4.78, 5) is 0. The second kappa shape index (κ2) is 6.06. The topological polar surface area (TPSA) is 30.4 Å². The highest BCUT2D eigenvalue weighted by Gasteiger charge is 2.22. The van der Waals surface area contributed by atoms with Crippen LogP contribution in [0.1, 0.15) is 36.8 Å². The summed E-state index contributed by atoms with van der Waals surface area (Å²) in [6, 6.07) is 5.43. The van der Waals surface area contributed by atoms with Crippen molar-refractivity contribution in [2.45, 2.75) is 33.6 Å². The molecule has 2 heterocycles. The molecule has 0 aliphatic heterocycles. The van der Waals surface area contributed by atoms with Gasteiger partial charge in [-0.05, 0) is 44.0 Å². The monoisotopic (exact) mass is 348 g/mol. The van der Waals surface area contributed by atoms with Gasteiger partial charge in [-0.2, -0.15) is 9.61 Å². The Morgan fingerprint density at radius 2 is 2.04 bits per heavy atom. The molecule has 0 spiro atoms. The van der Waals surface area contributed by atoms with Crippen molar-refractivity contribution in [1.82, 2.24) is 9.61 Å². The number of nitrogens with zero attached hydrogens (tertiary/aromatic N) is 2. The fourth-order valence-corrected chi connectivity index (χ4v) is 3.41. The summed E-state index contributed by atoms with van der Waals surface area (Å²) in [6.07, 6.45) is 1.95. The third-order valence-electron chi connectivity index (χ3n) is 3.90. The van der Waals surface area contributed by atoms with Gasteiger partial charge in [0.05, 0.1) is 16.3 Å². The van der Waals surface area contributed by atoms with Gasteiger partial charge in [0, 0.05) is 10.6 Å². The van der Waals surface area contributed by atoms with Crippen molar-refractivity contribution in [3.8, 4) is 11.3 Å². The van der Waals surface area contributed by atoms with Crippen molar-refractivity contribution < 1.29 is 4.42 Å². The molecule has 0 saturated carbocycles. The van der Waals surface area contributed by atoms with Crippen LogP contribution in [-0.2, 0) is 0 Å². The summed E-state index contributed by atoms with van der Waals surface area (Å²) in [5.74, 6) is 0.766. The third kappa shape index (κ3) is 2.68. The highest BCUT2D eigenvalue weighted by atomic mass is 35.5. The Bertz CT molecular complexity index is 906. The molecule has 0 radical (unpaired) electrons. The van der Waals surface area contributed by atoms with Crippen molar-refractivity contribution in [2.24, 2.45) is 0 Å². The number of benzene rings is 1. The molecule has 1 aromatic carbocycles. The van der Waals surface area contributed by atoms with E-state index in [4.69, 9.17) is 27.6 Å². The Morgan fingerprint density at radius 1 is 1.30 bits per heavy atom. The van der Waals surface area contributed by atoms with Crippen molar-refractivity contribution >= 4 is 34.5 Å². The highest BCUT2D eigenvalue weighted by Crippen LogP contribution is 2.37. The van der Waals surface area contributed by atoms with E-state index in [1.807, 2.05) is 30.5 Å². The maximum atomic E-state index is 6.37. The van der Waals surface area contributed by atoms with Crippen LogP contribution in [0.4, 0.5) is 0 Å². The van der Waals surface area contributed by atoms with Gasteiger partial charge in [0.15, 0.2) is 0 Å². The van der Waals surface area contributed by atoms with E-state index in [2.05, 4.69) is 18.6 Å². The van der Waals surface area contributed by atoms with Crippen LogP contribution in [0.3, 0.4) is 0 Å². The molecule has 0 unspecified atom stereocenters. The average molecular weight is 349 g/mol. The number of allylic oxidation sites excluding steroid dienone is 1. The van der Waals surface area contributed by atoms with E-state index in [9.17, 15) is 0 Å². The number of aryl methyl sites for hydroxylation is 2. The van der Waals surface area contributed by atoms with E-state index in [-0.39, 0.29) is 0 Å². The summed E-state index contributed by atoms with van der Waals surface area (Å²) in [6.45, 7) is 10.2. The van der Waals surface area contributed by atoms with Gasteiger partial charge in [-0.3, -0.25) is 0 Å². The fraction of sp³-hybridized carbons (Fsp3) is 0.278. The van der Waals surface area contributed by atoms with Gasteiger partial charge in [-0.25, -0.2) is 0 Å². The summed E-state index contributed by atoms with van der Waals surface area (Å²) in [5, 5.41) is 5.82. The molecule has 3 aromatic rings. The van der Waals surface area contributed by atoms with Crippen LogP contribution in [0.5, 0.6) is 0 Å². The van der Waals surface area contributed by atoms with Crippen molar-refractivity contribution in [3.05, 3.63) is 51.8 Å². The van der Waals surface area contributed by atoms with Gasteiger partial charge in [0.25, 0.3) is 0 Å². The Hall–Kier alpha value is -1.71. The van der Waals surface area contributed by atoms with Crippen LogP contribution < -0.4 is 0 Å². The Kier molecular flexibility index (Phi) is 4.26. The number of aromatic nitrogens is 2. The van der Waals surface area contributed by atoms with Gasteiger partial charge in [-0.15, -0.1) is 0 Å². The van der Waals surface area contributed by atoms with Gasteiger partial charge in [0.2, 0.25) is 5.71 Å². The first-order valence-corrected chi connectivity index (χ1v) is 8.32. The minimum atomic E-state index is 0.574. The molecule has 0 N–H and O–H groups in total. The number of halogens is 2. The molecule has 23 heavy (non-hydrogen) atoms. The van der Waals surface area contributed by atoms with Crippen LogP contribution in [0.15, 0.2) is 29.2 Å². The van der Waals surface area contributed by atoms with Crippen LogP contribution in [0.25, 0.3) is 22.5 Å². The molecule has 0 amide bonds. The lowest BCUT2D eigenvalue weighted by atomic mass is 10.0. The SMILES string of the molecule is C=C(CCC)c1c(C)nn2c(-c3ccc(Cl)cc3Cl)c(C)oc12. The number of rotatable bonds is 4. The molecule has 2 aromatic heterocycles. The molecule has 0 fully saturated rings. The molecule has 0 bridgehead atoms. The van der Waals surface area contributed by atoms with E-state index >= 15 is 0 Å². The second-order valence-corrected chi connectivity index (χ2v) is 6.51. The molecule has 3 nitrogen and oxygen atoms in total. The number of hydrogen-bond acceptors (Lipinski definition) is 2. The third-order valence-corrected chi connectivity index (χ3v) is 4.45. The van der Waals surface area contributed by atoms with Gasteiger partial charge in [-0.1, -0.05) is 43.1 Å². The van der Waals surface area contributed by atoms with Crippen LogP contribution in [0.2, 0.25) is 10.0 Å². The van der Waals surface area contributed by atoms with Gasteiger partial charge in [0.1, 0.15) is 11.5 Å². The molecular formula is C18H18Cl2N2O. The minimum absolute atomic E-state index is 0.574. The smallest absolute Gasteiger partial charge is 0.230 e.